The maximum absolute atomic E-state index is 14.0. The van der Waals surface area contributed by atoms with Gasteiger partial charge in [-0.05, 0) is 47.3 Å². The van der Waals surface area contributed by atoms with Gasteiger partial charge in [0.25, 0.3) is 0 Å². The van der Waals surface area contributed by atoms with E-state index in [1.165, 1.54) is 30.6 Å². The second kappa shape index (κ2) is 9.83. The van der Waals surface area contributed by atoms with E-state index < -0.39 is 11.9 Å². The molecule has 0 bridgehead atoms. The van der Waals surface area contributed by atoms with Crippen LogP contribution >= 0.6 is 11.3 Å². The van der Waals surface area contributed by atoms with Gasteiger partial charge in [0.05, 0.1) is 7.11 Å². The molecule has 5 rings (SSSR count). The Morgan fingerprint density at radius 3 is 2.53 bits per heavy atom. The highest BCUT2D eigenvalue weighted by atomic mass is 32.1. The highest BCUT2D eigenvalue weighted by Gasteiger charge is 2.25. The minimum absolute atomic E-state index is 0.0342. The number of carboxylic acids is 1. The summed E-state index contributed by atoms with van der Waals surface area (Å²) in [4.78, 5) is 26.7. The minimum atomic E-state index is -1.07. The Balaban J connectivity index is 1.65. The fourth-order valence-corrected chi connectivity index (χ4v) is 5.51. The molecular weight excluding hydrogens is 479 g/mol. The predicted octanol–water partition coefficient (Wildman–Crippen LogP) is 5.92. The van der Waals surface area contributed by atoms with Crippen molar-refractivity contribution in [3.8, 4) is 0 Å². The summed E-state index contributed by atoms with van der Waals surface area (Å²) >= 11 is 1.50. The number of esters is 1. The first-order chi connectivity index (χ1) is 17.5. The van der Waals surface area contributed by atoms with E-state index in [1.807, 2.05) is 60.0 Å². The molecule has 182 valence electrons. The van der Waals surface area contributed by atoms with E-state index in [4.69, 9.17) is 4.74 Å². The van der Waals surface area contributed by atoms with Crippen molar-refractivity contribution in [3.05, 3.63) is 101 Å². The lowest BCUT2D eigenvalue weighted by Gasteiger charge is -2.24. The summed E-state index contributed by atoms with van der Waals surface area (Å²) in [5.74, 6) is -1.83. The van der Waals surface area contributed by atoms with E-state index >= 15 is 0 Å². The van der Waals surface area contributed by atoms with Crippen LogP contribution in [-0.4, -0.2) is 35.3 Å². The lowest BCUT2D eigenvalue weighted by atomic mass is 10.1. The molecule has 0 radical (unpaired) electrons. The Labute approximate surface area is 210 Å². The zero-order valence-electron chi connectivity index (χ0n) is 19.5. The van der Waals surface area contributed by atoms with Gasteiger partial charge in [0.15, 0.2) is 0 Å². The van der Waals surface area contributed by atoms with Crippen molar-refractivity contribution in [3.63, 3.8) is 0 Å². The summed E-state index contributed by atoms with van der Waals surface area (Å²) in [6.07, 6.45) is 0. The molecule has 0 aliphatic heterocycles. The van der Waals surface area contributed by atoms with E-state index in [9.17, 15) is 19.1 Å². The first-order valence-corrected chi connectivity index (χ1v) is 12.2. The molecule has 8 heteroatoms. The van der Waals surface area contributed by atoms with Crippen molar-refractivity contribution in [2.75, 3.05) is 18.6 Å². The number of halogens is 1. The van der Waals surface area contributed by atoms with Crippen LogP contribution < -0.4 is 4.90 Å². The van der Waals surface area contributed by atoms with Crippen LogP contribution in [-0.2, 0) is 22.6 Å². The Kier molecular flexibility index (Phi) is 6.43. The third kappa shape index (κ3) is 4.43. The number of carbonyl (C=O) groups is 2. The highest BCUT2D eigenvalue weighted by Crippen LogP contribution is 2.33. The molecule has 0 spiro atoms. The molecule has 0 amide bonds. The van der Waals surface area contributed by atoms with E-state index in [1.54, 1.807) is 15.5 Å². The lowest BCUT2D eigenvalue weighted by Crippen LogP contribution is -2.30. The topological polar surface area (TPSA) is 71.8 Å². The molecule has 3 aromatic carbocycles. The van der Waals surface area contributed by atoms with Gasteiger partial charge in [-0.2, -0.15) is 0 Å². The molecule has 0 fully saturated rings. The van der Waals surface area contributed by atoms with Gasteiger partial charge in [-0.25, -0.2) is 9.18 Å². The molecule has 2 aromatic heterocycles. The number of aromatic carboxylic acids is 1. The van der Waals surface area contributed by atoms with Crippen molar-refractivity contribution in [1.29, 1.82) is 0 Å². The zero-order valence-corrected chi connectivity index (χ0v) is 20.3. The molecular formula is C28H23FN2O4S. The molecule has 0 aliphatic rings. The van der Waals surface area contributed by atoms with Gasteiger partial charge in [0.1, 0.15) is 18.1 Å². The first kappa shape index (κ1) is 23.6. The molecule has 2 heterocycles. The van der Waals surface area contributed by atoms with Crippen LogP contribution in [0.2, 0.25) is 0 Å². The normalized spacial score (nSPS) is 11.2. The third-order valence-electron chi connectivity index (χ3n) is 6.24. The van der Waals surface area contributed by atoms with Gasteiger partial charge in [0.2, 0.25) is 0 Å². The number of anilines is 1. The maximum Gasteiger partial charge on any atom is 0.352 e. The number of para-hydroxylation sites is 2. The number of thiophene rings is 1. The smallest absolute Gasteiger partial charge is 0.352 e. The van der Waals surface area contributed by atoms with Crippen molar-refractivity contribution in [2.45, 2.75) is 13.1 Å². The van der Waals surface area contributed by atoms with Crippen molar-refractivity contribution in [1.82, 2.24) is 4.57 Å². The summed E-state index contributed by atoms with van der Waals surface area (Å²) in [7, 11) is 1.33. The minimum Gasteiger partial charge on any atom is -0.477 e. The Morgan fingerprint density at radius 2 is 1.78 bits per heavy atom. The number of ether oxygens (including phenoxy) is 1. The molecule has 36 heavy (non-hydrogen) atoms. The number of aromatic nitrogens is 1. The second-order valence-electron chi connectivity index (χ2n) is 8.40. The summed E-state index contributed by atoms with van der Waals surface area (Å²) < 4.78 is 21.6. The van der Waals surface area contributed by atoms with Crippen molar-refractivity contribution in [2.24, 2.45) is 0 Å². The average Bonchev–Trinajstić information content (AvgIpc) is 3.43. The monoisotopic (exact) mass is 502 g/mol. The van der Waals surface area contributed by atoms with Gasteiger partial charge in [0, 0.05) is 45.3 Å². The molecule has 0 saturated carbocycles. The van der Waals surface area contributed by atoms with E-state index in [0.29, 0.717) is 5.56 Å². The van der Waals surface area contributed by atoms with Crippen LogP contribution in [0.1, 0.15) is 21.6 Å². The second-order valence-corrected chi connectivity index (χ2v) is 9.32. The highest BCUT2D eigenvalue weighted by molar-refractivity contribution is 7.17. The zero-order chi connectivity index (χ0) is 25.2. The van der Waals surface area contributed by atoms with Crippen molar-refractivity contribution >= 4 is 50.0 Å². The Morgan fingerprint density at radius 1 is 1.03 bits per heavy atom. The molecule has 0 atom stereocenters. The molecule has 6 nitrogen and oxygen atoms in total. The third-order valence-corrected chi connectivity index (χ3v) is 7.25. The first-order valence-electron chi connectivity index (χ1n) is 11.3. The average molecular weight is 503 g/mol. The van der Waals surface area contributed by atoms with E-state index in [-0.39, 0.29) is 31.1 Å². The standard InChI is InChI=1S/C28H23FN2O4S/c1-35-26(32)16-30(20-7-3-2-4-8-20)15-23-21-9-5-6-10-24(21)31(27(23)28(33)34)14-18-17-36-25-12-11-19(29)13-22(18)25/h2-13,17H,14-16H2,1H3,(H,33,34). The molecule has 5 aromatic rings. The maximum atomic E-state index is 14.0. The largest absolute Gasteiger partial charge is 0.477 e. The number of methoxy groups -OCH3 is 1. The molecule has 0 aliphatic carbocycles. The number of hydrogen-bond acceptors (Lipinski definition) is 5. The van der Waals surface area contributed by atoms with Crippen LogP contribution in [0.15, 0.2) is 78.2 Å². The van der Waals surface area contributed by atoms with Gasteiger partial charge >= 0.3 is 11.9 Å². The number of nitrogens with zero attached hydrogens (tertiary/aromatic N) is 2. The summed E-state index contributed by atoms with van der Waals surface area (Å²) in [5.41, 5.74) is 3.11. The number of carbonyl (C=O) groups excluding carboxylic acids is 1. The lowest BCUT2D eigenvalue weighted by molar-refractivity contribution is -0.139. The van der Waals surface area contributed by atoms with Gasteiger partial charge in [-0.1, -0.05) is 36.4 Å². The van der Waals surface area contributed by atoms with Crippen molar-refractivity contribution < 1.29 is 23.8 Å². The van der Waals surface area contributed by atoms with Gasteiger partial charge in [-0.15, -0.1) is 11.3 Å². The Hall–Kier alpha value is -4.17. The fourth-order valence-electron chi connectivity index (χ4n) is 4.58. The van der Waals surface area contributed by atoms with E-state index in [0.717, 1.165) is 32.2 Å². The van der Waals surface area contributed by atoms with Crippen LogP contribution in [0.25, 0.3) is 21.0 Å². The number of hydrogen-bond donors (Lipinski definition) is 1. The Bertz CT molecular complexity index is 1580. The fraction of sp³-hybridized carbons (Fsp3) is 0.143. The molecule has 0 unspecified atom stereocenters. The number of fused-ring (bicyclic) bond motifs is 2. The number of carboxylic acid groups (broad SMARTS) is 1. The van der Waals surface area contributed by atoms with Crippen LogP contribution in [0.4, 0.5) is 10.1 Å². The number of benzene rings is 3. The summed E-state index contributed by atoms with van der Waals surface area (Å²) in [5, 5.41) is 13.9. The van der Waals surface area contributed by atoms with E-state index in [2.05, 4.69) is 0 Å². The quantitative estimate of drug-likeness (QED) is 0.267. The van der Waals surface area contributed by atoms with Crippen LogP contribution in [0, 0.1) is 5.82 Å². The summed E-state index contributed by atoms with van der Waals surface area (Å²) in [6, 6.07) is 21.5. The van der Waals surface area contributed by atoms with Gasteiger partial charge < -0.3 is 19.3 Å². The molecule has 0 saturated heterocycles. The summed E-state index contributed by atoms with van der Waals surface area (Å²) in [6.45, 7) is 0.425. The van der Waals surface area contributed by atoms with Gasteiger partial charge in [-0.3, -0.25) is 4.79 Å². The predicted molar refractivity (Wildman–Crippen MR) is 139 cm³/mol. The molecule has 1 N–H and O–H groups in total. The SMILES string of the molecule is COC(=O)CN(Cc1c(C(=O)O)n(Cc2csc3ccc(F)cc23)c2ccccc12)c1ccccc1. The van der Waals surface area contributed by atoms with Crippen LogP contribution in [0.3, 0.4) is 0 Å². The number of rotatable bonds is 8. The van der Waals surface area contributed by atoms with Crippen LogP contribution in [0.5, 0.6) is 0 Å².